The SMILES string of the molecule is c1ccc(-c2ccc(N(c3ccccc3)c3ccc(-c4ccc5c(c4)Oc4ccccc4N5c4ccc5c(c4)c4ccccc4n5-c4ccccc4)cc3)cc2)cc1. The molecule has 4 nitrogen and oxygen atoms in total. The normalized spacial score (nSPS) is 11.9. The number of fused-ring (bicyclic) bond motifs is 5. The molecule has 0 unspecified atom stereocenters. The van der Waals surface area contributed by atoms with Gasteiger partial charge in [0, 0.05) is 39.2 Å². The molecule has 1 aliphatic heterocycles. The van der Waals surface area contributed by atoms with Crippen LogP contribution in [0.5, 0.6) is 11.5 Å². The first kappa shape index (κ1) is 33.5. The van der Waals surface area contributed by atoms with E-state index in [-0.39, 0.29) is 0 Å². The van der Waals surface area contributed by atoms with Gasteiger partial charge in [-0.1, -0.05) is 127 Å². The summed E-state index contributed by atoms with van der Waals surface area (Å²) in [6, 6.07) is 79.6. The van der Waals surface area contributed by atoms with Crippen LogP contribution < -0.4 is 14.5 Å². The van der Waals surface area contributed by atoms with Gasteiger partial charge in [-0.05, 0) is 119 Å². The van der Waals surface area contributed by atoms with Crippen LogP contribution in [0.4, 0.5) is 34.1 Å². The molecular formula is C54H37N3O. The molecular weight excluding hydrogens is 707 g/mol. The third kappa shape index (κ3) is 5.78. The summed E-state index contributed by atoms with van der Waals surface area (Å²) in [5.41, 5.74) is 14.5. The summed E-state index contributed by atoms with van der Waals surface area (Å²) in [5.74, 6) is 1.64. The molecule has 11 rings (SSSR count). The van der Waals surface area contributed by atoms with Crippen molar-refractivity contribution in [3.8, 4) is 39.4 Å². The predicted molar refractivity (Wildman–Crippen MR) is 241 cm³/mol. The Hall–Kier alpha value is -7.82. The van der Waals surface area contributed by atoms with Gasteiger partial charge >= 0.3 is 0 Å². The third-order valence-corrected chi connectivity index (χ3v) is 11.2. The van der Waals surface area contributed by atoms with Gasteiger partial charge in [0.25, 0.3) is 0 Å². The van der Waals surface area contributed by atoms with Crippen LogP contribution in [0.2, 0.25) is 0 Å². The van der Waals surface area contributed by atoms with Crippen molar-refractivity contribution in [3.05, 3.63) is 224 Å². The highest BCUT2D eigenvalue weighted by atomic mass is 16.5. The highest BCUT2D eigenvalue weighted by Crippen LogP contribution is 2.52. The molecule has 0 aliphatic carbocycles. The van der Waals surface area contributed by atoms with Gasteiger partial charge in [-0.2, -0.15) is 0 Å². The lowest BCUT2D eigenvalue weighted by Gasteiger charge is -2.33. The predicted octanol–water partition coefficient (Wildman–Crippen LogP) is 15.2. The second kappa shape index (κ2) is 14.0. The topological polar surface area (TPSA) is 20.6 Å². The van der Waals surface area contributed by atoms with E-state index < -0.39 is 0 Å². The smallest absolute Gasteiger partial charge is 0.152 e. The fraction of sp³-hybridized carbons (Fsp3) is 0. The Balaban J connectivity index is 0.960. The van der Waals surface area contributed by atoms with Gasteiger partial charge in [-0.15, -0.1) is 0 Å². The second-order valence-corrected chi connectivity index (χ2v) is 14.6. The van der Waals surface area contributed by atoms with Crippen molar-refractivity contribution in [3.63, 3.8) is 0 Å². The van der Waals surface area contributed by atoms with Gasteiger partial charge in [0.05, 0.1) is 22.4 Å². The number of anilines is 6. The van der Waals surface area contributed by atoms with Gasteiger partial charge in [0.1, 0.15) is 0 Å². The Labute approximate surface area is 337 Å². The standard InChI is InChI=1S/C54H37N3O/c1-4-14-38(15-5-1)39-24-29-44(30-25-39)55(42-16-6-2-7-17-42)45-31-26-40(27-32-45)41-28-34-52-54(36-41)58-53-23-13-12-22-51(53)57(52)46-33-35-50-48(37-46)47-20-10-11-21-49(47)56(50)43-18-8-3-9-19-43/h1-37H. The van der Waals surface area contributed by atoms with Crippen LogP contribution in [0.25, 0.3) is 49.7 Å². The first-order valence-corrected chi connectivity index (χ1v) is 19.7. The average molecular weight is 744 g/mol. The lowest BCUT2D eigenvalue weighted by Crippen LogP contribution is -2.15. The largest absolute Gasteiger partial charge is 0.453 e. The van der Waals surface area contributed by atoms with Crippen molar-refractivity contribution in [1.82, 2.24) is 4.57 Å². The first-order chi connectivity index (χ1) is 28.8. The Morgan fingerprint density at radius 2 is 0.862 bits per heavy atom. The number of hydrogen-bond acceptors (Lipinski definition) is 3. The van der Waals surface area contributed by atoms with E-state index >= 15 is 0 Å². The van der Waals surface area contributed by atoms with Gasteiger partial charge in [0.2, 0.25) is 0 Å². The van der Waals surface area contributed by atoms with E-state index in [1.54, 1.807) is 0 Å². The van der Waals surface area contributed by atoms with Gasteiger partial charge in [-0.3, -0.25) is 0 Å². The summed E-state index contributed by atoms with van der Waals surface area (Å²) in [5, 5.41) is 2.43. The molecule has 1 aliphatic rings. The minimum Gasteiger partial charge on any atom is -0.453 e. The number of para-hydroxylation sites is 5. The zero-order valence-electron chi connectivity index (χ0n) is 31.6. The monoisotopic (exact) mass is 743 g/mol. The molecule has 2 heterocycles. The molecule has 1 aromatic heterocycles. The Bertz CT molecular complexity index is 3070. The van der Waals surface area contributed by atoms with Crippen molar-refractivity contribution in [2.75, 3.05) is 9.80 Å². The van der Waals surface area contributed by atoms with E-state index in [9.17, 15) is 0 Å². The highest BCUT2D eigenvalue weighted by Gasteiger charge is 2.27. The highest BCUT2D eigenvalue weighted by molar-refractivity contribution is 6.11. The zero-order chi connectivity index (χ0) is 38.4. The summed E-state index contributed by atoms with van der Waals surface area (Å²) >= 11 is 0. The van der Waals surface area contributed by atoms with Crippen molar-refractivity contribution in [2.45, 2.75) is 0 Å². The lowest BCUT2D eigenvalue weighted by molar-refractivity contribution is 0.477. The maximum Gasteiger partial charge on any atom is 0.152 e. The van der Waals surface area contributed by atoms with Crippen LogP contribution in [0.3, 0.4) is 0 Å². The zero-order valence-corrected chi connectivity index (χ0v) is 31.6. The fourth-order valence-corrected chi connectivity index (χ4v) is 8.43. The van der Waals surface area contributed by atoms with Crippen LogP contribution in [-0.4, -0.2) is 4.57 Å². The van der Waals surface area contributed by atoms with Gasteiger partial charge in [0.15, 0.2) is 11.5 Å². The first-order valence-electron chi connectivity index (χ1n) is 19.7. The second-order valence-electron chi connectivity index (χ2n) is 14.6. The summed E-state index contributed by atoms with van der Waals surface area (Å²) in [6.07, 6.45) is 0. The number of nitrogens with zero attached hydrogens (tertiary/aromatic N) is 3. The molecule has 10 aromatic rings. The van der Waals surface area contributed by atoms with Crippen molar-refractivity contribution in [2.24, 2.45) is 0 Å². The number of ether oxygens (including phenoxy) is 1. The van der Waals surface area contributed by atoms with Crippen molar-refractivity contribution >= 4 is 55.9 Å². The Morgan fingerprint density at radius 1 is 0.328 bits per heavy atom. The van der Waals surface area contributed by atoms with Gasteiger partial charge < -0.3 is 19.1 Å². The molecule has 0 saturated carbocycles. The molecule has 9 aromatic carbocycles. The lowest BCUT2D eigenvalue weighted by atomic mass is 10.0. The molecule has 0 N–H and O–H groups in total. The minimum absolute atomic E-state index is 0.816. The van der Waals surface area contributed by atoms with Crippen LogP contribution >= 0.6 is 0 Å². The maximum atomic E-state index is 6.68. The van der Waals surface area contributed by atoms with E-state index in [1.165, 1.54) is 32.9 Å². The van der Waals surface area contributed by atoms with E-state index in [2.05, 4.69) is 233 Å². The van der Waals surface area contributed by atoms with Crippen LogP contribution in [-0.2, 0) is 0 Å². The Morgan fingerprint density at radius 3 is 1.60 bits per heavy atom. The third-order valence-electron chi connectivity index (χ3n) is 11.2. The quantitative estimate of drug-likeness (QED) is 0.162. The van der Waals surface area contributed by atoms with E-state index in [0.29, 0.717) is 0 Å². The van der Waals surface area contributed by atoms with Crippen molar-refractivity contribution < 1.29 is 4.74 Å². The van der Waals surface area contributed by atoms with Crippen LogP contribution in [0.1, 0.15) is 0 Å². The molecule has 0 spiro atoms. The molecule has 274 valence electrons. The molecule has 58 heavy (non-hydrogen) atoms. The number of benzene rings is 9. The van der Waals surface area contributed by atoms with Crippen LogP contribution in [0, 0.1) is 0 Å². The molecule has 4 heteroatoms. The van der Waals surface area contributed by atoms with E-state index in [1.807, 2.05) is 6.07 Å². The Kier molecular flexibility index (Phi) is 8.11. The van der Waals surface area contributed by atoms with E-state index in [0.717, 1.165) is 62.4 Å². The minimum atomic E-state index is 0.816. The summed E-state index contributed by atoms with van der Waals surface area (Å²) < 4.78 is 9.03. The number of hydrogen-bond donors (Lipinski definition) is 0. The average Bonchev–Trinajstić information content (AvgIpc) is 3.63. The number of rotatable bonds is 7. The molecule has 0 bridgehead atoms. The summed E-state index contributed by atoms with van der Waals surface area (Å²) in [4.78, 5) is 4.63. The summed E-state index contributed by atoms with van der Waals surface area (Å²) in [7, 11) is 0. The number of aromatic nitrogens is 1. The molecule has 0 amide bonds. The molecule has 0 fully saturated rings. The maximum absolute atomic E-state index is 6.68. The van der Waals surface area contributed by atoms with Crippen molar-refractivity contribution in [1.29, 1.82) is 0 Å². The van der Waals surface area contributed by atoms with Crippen LogP contribution in [0.15, 0.2) is 224 Å². The molecule has 0 saturated heterocycles. The fourth-order valence-electron chi connectivity index (χ4n) is 8.43. The molecule has 0 atom stereocenters. The van der Waals surface area contributed by atoms with E-state index in [4.69, 9.17) is 4.74 Å². The summed E-state index contributed by atoms with van der Waals surface area (Å²) in [6.45, 7) is 0. The van der Waals surface area contributed by atoms with Gasteiger partial charge in [-0.25, -0.2) is 0 Å². The molecule has 0 radical (unpaired) electrons.